The summed E-state index contributed by atoms with van der Waals surface area (Å²) in [4.78, 5) is 33.8. The van der Waals surface area contributed by atoms with Crippen LogP contribution in [-0.2, 0) is 20.9 Å². The maximum absolute atomic E-state index is 14.0. The third kappa shape index (κ3) is 3.46. The van der Waals surface area contributed by atoms with Crippen molar-refractivity contribution in [3.63, 3.8) is 0 Å². The Kier molecular flexibility index (Phi) is 4.79. The van der Waals surface area contributed by atoms with Gasteiger partial charge in [-0.3, -0.25) is 9.59 Å². The number of nitrogens with one attached hydrogen (secondary N) is 2. The van der Waals surface area contributed by atoms with Gasteiger partial charge in [-0.15, -0.1) is 0 Å². The maximum Gasteiger partial charge on any atom is 0.229 e. The number of hydrogen-bond acceptors (Lipinski definition) is 4. The topological polar surface area (TPSA) is 87.3 Å². The standard InChI is InChI=1S/C20H19FN4O3/c1-28-11-18-23-15-7-6-13(9-16(15)24-18)22-20(27)12-8-19(26)25(10-12)17-5-3-2-4-14(17)21/h2-7,9,12H,8,10-11H2,1H3,(H,22,27)(H,23,24)/t12-/m1/s1. The minimum Gasteiger partial charge on any atom is -0.377 e. The second kappa shape index (κ2) is 7.40. The van der Waals surface area contributed by atoms with E-state index in [0.29, 0.717) is 18.1 Å². The lowest BCUT2D eigenvalue weighted by Gasteiger charge is -2.17. The van der Waals surface area contributed by atoms with Crippen molar-refractivity contribution in [3.05, 3.63) is 54.1 Å². The van der Waals surface area contributed by atoms with E-state index in [-0.39, 0.29) is 30.5 Å². The fourth-order valence-corrected chi connectivity index (χ4v) is 3.38. The Hall–Kier alpha value is -3.26. The first-order chi connectivity index (χ1) is 13.5. The van der Waals surface area contributed by atoms with Crippen LogP contribution >= 0.6 is 0 Å². The van der Waals surface area contributed by atoms with E-state index in [0.717, 1.165) is 11.0 Å². The van der Waals surface area contributed by atoms with E-state index in [2.05, 4.69) is 15.3 Å². The molecular formula is C20H19FN4O3. The molecule has 1 aliphatic rings. The number of para-hydroxylation sites is 1. The average Bonchev–Trinajstić information content (AvgIpc) is 3.25. The third-order valence-electron chi connectivity index (χ3n) is 4.72. The number of aromatic amines is 1. The molecule has 8 heteroatoms. The Morgan fingerprint density at radius 3 is 2.96 bits per heavy atom. The van der Waals surface area contributed by atoms with Gasteiger partial charge in [0.1, 0.15) is 18.2 Å². The van der Waals surface area contributed by atoms with Crippen LogP contribution in [-0.4, -0.2) is 35.4 Å². The molecule has 1 aromatic heterocycles. The number of fused-ring (bicyclic) bond motifs is 1. The van der Waals surface area contributed by atoms with Gasteiger partial charge in [-0.1, -0.05) is 12.1 Å². The van der Waals surface area contributed by atoms with Crippen LogP contribution in [0.2, 0.25) is 0 Å². The molecule has 2 aromatic carbocycles. The number of methoxy groups -OCH3 is 1. The van der Waals surface area contributed by atoms with Crippen LogP contribution in [0.1, 0.15) is 12.2 Å². The number of aromatic nitrogens is 2. The zero-order valence-electron chi connectivity index (χ0n) is 15.2. The molecule has 0 bridgehead atoms. The number of rotatable bonds is 5. The molecule has 0 aliphatic carbocycles. The van der Waals surface area contributed by atoms with Crippen LogP contribution in [0.15, 0.2) is 42.5 Å². The highest BCUT2D eigenvalue weighted by Gasteiger charge is 2.36. The predicted molar refractivity (Wildman–Crippen MR) is 102 cm³/mol. The van der Waals surface area contributed by atoms with Gasteiger partial charge in [0.2, 0.25) is 11.8 Å². The molecule has 2 amide bonds. The first kappa shape index (κ1) is 18.1. The third-order valence-corrected chi connectivity index (χ3v) is 4.72. The Labute approximate surface area is 160 Å². The van der Waals surface area contributed by atoms with Crippen LogP contribution in [0.5, 0.6) is 0 Å². The molecule has 0 radical (unpaired) electrons. The van der Waals surface area contributed by atoms with Gasteiger partial charge in [0.05, 0.1) is 22.6 Å². The molecule has 1 aliphatic heterocycles. The molecule has 1 saturated heterocycles. The lowest BCUT2D eigenvalue weighted by molar-refractivity contribution is -0.122. The molecule has 0 unspecified atom stereocenters. The molecular weight excluding hydrogens is 363 g/mol. The summed E-state index contributed by atoms with van der Waals surface area (Å²) in [5, 5.41) is 2.83. The number of benzene rings is 2. The van der Waals surface area contributed by atoms with Crippen LogP contribution < -0.4 is 10.2 Å². The fraction of sp³-hybridized carbons (Fsp3) is 0.250. The van der Waals surface area contributed by atoms with E-state index in [9.17, 15) is 14.0 Å². The van der Waals surface area contributed by atoms with E-state index < -0.39 is 11.7 Å². The minimum absolute atomic E-state index is 0.0461. The lowest BCUT2D eigenvalue weighted by Crippen LogP contribution is -2.28. The predicted octanol–water partition coefficient (Wildman–Crippen LogP) is 2.84. The van der Waals surface area contributed by atoms with Crippen molar-refractivity contribution in [2.75, 3.05) is 23.9 Å². The van der Waals surface area contributed by atoms with Crippen LogP contribution in [0.3, 0.4) is 0 Å². The number of hydrogen-bond donors (Lipinski definition) is 2. The molecule has 28 heavy (non-hydrogen) atoms. The number of carbonyl (C=O) groups is 2. The number of H-pyrrole nitrogens is 1. The summed E-state index contributed by atoms with van der Waals surface area (Å²) >= 11 is 0. The molecule has 144 valence electrons. The zero-order valence-corrected chi connectivity index (χ0v) is 15.2. The zero-order chi connectivity index (χ0) is 19.7. The molecule has 1 fully saturated rings. The molecule has 1 atom stereocenters. The number of anilines is 2. The molecule has 0 saturated carbocycles. The van der Waals surface area contributed by atoms with Gasteiger partial charge in [-0.05, 0) is 30.3 Å². The van der Waals surface area contributed by atoms with Crippen molar-refractivity contribution in [1.82, 2.24) is 9.97 Å². The average molecular weight is 382 g/mol. The van der Waals surface area contributed by atoms with Gasteiger partial charge in [-0.25, -0.2) is 9.37 Å². The van der Waals surface area contributed by atoms with Crippen LogP contribution in [0, 0.1) is 11.7 Å². The quantitative estimate of drug-likeness (QED) is 0.710. The first-order valence-corrected chi connectivity index (χ1v) is 8.88. The van der Waals surface area contributed by atoms with Crippen molar-refractivity contribution in [1.29, 1.82) is 0 Å². The maximum atomic E-state index is 14.0. The molecule has 4 rings (SSSR count). The summed E-state index contributed by atoms with van der Waals surface area (Å²) in [6.07, 6.45) is 0.0461. The van der Waals surface area contributed by atoms with Gasteiger partial charge in [-0.2, -0.15) is 0 Å². The molecule has 2 heterocycles. The number of halogens is 1. The van der Waals surface area contributed by atoms with E-state index >= 15 is 0 Å². The summed E-state index contributed by atoms with van der Waals surface area (Å²) in [5.74, 6) is -0.869. The highest BCUT2D eigenvalue weighted by atomic mass is 19.1. The second-order valence-electron chi connectivity index (χ2n) is 6.69. The van der Waals surface area contributed by atoms with Gasteiger partial charge >= 0.3 is 0 Å². The van der Waals surface area contributed by atoms with E-state index in [1.165, 1.54) is 17.0 Å². The van der Waals surface area contributed by atoms with Gasteiger partial charge < -0.3 is 19.9 Å². The summed E-state index contributed by atoms with van der Waals surface area (Å²) in [5.41, 5.74) is 2.35. The van der Waals surface area contributed by atoms with Crippen molar-refractivity contribution >= 4 is 34.2 Å². The van der Waals surface area contributed by atoms with Crippen molar-refractivity contribution in [2.45, 2.75) is 13.0 Å². The van der Waals surface area contributed by atoms with E-state index in [1.54, 1.807) is 37.4 Å². The SMILES string of the molecule is COCc1nc2ccc(NC(=O)[C@@H]3CC(=O)N(c4ccccc4F)C3)cc2[nH]1. The Morgan fingerprint density at radius 1 is 1.36 bits per heavy atom. The van der Waals surface area contributed by atoms with E-state index in [4.69, 9.17) is 4.74 Å². The molecule has 0 spiro atoms. The number of nitrogens with zero attached hydrogens (tertiary/aromatic N) is 2. The first-order valence-electron chi connectivity index (χ1n) is 8.88. The Morgan fingerprint density at radius 2 is 2.18 bits per heavy atom. The van der Waals surface area contributed by atoms with Gasteiger partial charge in [0, 0.05) is 25.8 Å². The highest BCUT2D eigenvalue weighted by Crippen LogP contribution is 2.28. The lowest BCUT2D eigenvalue weighted by atomic mass is 10.1. The highest BCUT2D eigenvalue weighted by molar-refractivity contribution is 6.04. The summed E-state index contributed by atoms with van der Waals surface area (Å²) in [6, 6.07) is 11.4. The van der Waals surface area contributed by atoms with Gasteiger partial charge in [0.15, 0.2) is 0 Å². The Balaban J connectivity index is 1.47. The fourth-order valence-electron chi connectivity index (χ4n) is 3.38. The number of ether oxygens (including phenoxy) is 1. The summed E-state index contributed by atoms with van der Waals surface area (Å²) in [7, 11) is 1.59. The van der Waals surface area contributed by atoms with Gasteiger partial charge in [0.25, 0.3) is 0 Å². The smallest absolute Gasteiger partial charge is 0.229 e. The van der Waals surface area contributed by atoms with Crippen LogP contribution in [0.25, 0.3) is 11.0 Å². The van der Waals surface area contributed by atoms with Crippen LogP contribution in [0.4, 0.5) is 15.8 Å². The monoisotopic (exact) mass is 382 g/mol. The summed E-state index contributed by atoms with van der Waals surface area (Å²) in [6.45, 7) is 0.516. The largest absolute Gasteiger partial charge is 0.377 e. The summed E-state index contributed by atoms with van der Waals surface area (Å²) < 4.78 is 19.0. The number of imidazole rings is 1. The normalized spacial score (nSPS) is 16.7. The molecule has 3 aromatic rings. The minimum atomic E-state index is -0.548. The Bertz CT molecular complexity index is 1050. The molecule has 2 N–H and O–H groups in total. The second-order valence-corrected chi connectivity index (χ2v) is 6.69. The van der Waals surface area contributed by atoms with Crippen molar-refractivity contribution in [2.24, 2.45) is 5.92 Å². The van der Waals surface area contributed by atoms with Crippen molar-refractivity contribution in [3.8, 4) is 0 Å². The number of carbonyl (C=O) groups excluding carboxylic acids is 2. The van der Waals surface area contributed by atoms with Crippen molar-refractivity contribution < 1.29 is 18.7 Å². The van der Waals surface area contributed by atoms with E-state index in [1.807, 2.05) is 0 Å². The molecule has 7 nitrogen and oxygen atoms in total. The number of amides is 2.